The van der Waals surface area contributed by atoms with Crippen LogP contribution in [0.2, 0.25) is 0 Å². The van der Waals surface area contributed by atoms with E-state index in [1.165, 1.54) is 0 Å². The van der Waals surface area contributed by atoms with Crippen molar-refractivity contribution < 1.29 is 70.1 Å². The van der Waals surface area contributed by atoms with Crippen LogP contribution >= 0.6 is 0 Å². The molecular weight excluding hydrogens is 268 g/mol. The molecule has 0 bridgehead atoms. The molecule has 0 aliphatic carbocycles. The molecule has 0 spiro atoms. The van der Waals surface area contributed by atoms with Crippen LogP contribution in [-0.2, 0) is 59.9 Å². The zero-order chi connectivity index (χ0) is 5.15. The van der Waals surface area contributed by atoms with E-state index < -0.39 is 11.9 Å². The molecule has 0 fully saturated rings. The molecule has 62 valence electrons. The van der Waals surface area contributed by atoms with E-state index in [2.05, 4.69) is 0 Å². The SMILES string of the molecule is O=C(O)C(=O)O.[Co].[LiH].[Mn].[Ni]. The molecule has 0 aromatic rings. The van der Waals surface area contributed by atoms with Crippen LogP contribution in [0.3, 0.4) is 0 Å². The molecule has 0 unspecified atom stereocenters. The van der Waals surface area contributed by atoms with Crippen LogP contribution in [0.4, 0.5) is 0 Å². The third kappa shape index (κ3) is 23.0. The third-order valence-corrected chi connectivity index (χ3v) is 0.183. The molecule has 0 aromatic heterocycles. The van der Waals surface area contributed by atoms with Gasteiger partial charge in [0.05, 0.1) is 0 Å². The van der Waals surface area contributed by atoms with E-state index in [-0.39, 0.29) is 69.2 Å². The number of aliphatic carboxylic acids is 2. The van der Waals surface area contributed by atoms with Gasteiger partial charge in [-0.3, -0.25) is 0 Å². The van der Waals surface area contributed by atoms with Gasteiger partial charge in [-0.1, -0.05) is 0 Å². The maximum atomic E-state index is 9.10. The molecule has 0 aliphatic rings. The fraction of sp³-hybridized carbons (Fsp3) is 0. The Kier molecular flexibility index (Phi) is 50.5. The van der Waals surface area contributed by atoms with Gasteiger partial charge in [-0.05, 0) is 0 Å². The molecule has 8 heteroatoms. The van der Waals surface area contributed by atoms with E-state index in [0.717, 1.165) is 0 Å². The van der Waals surface area contributed by atoms with Crippen LogP contribution in [0.5, 0.6) is 0 Å². The molecule has 0 saturated heterocycles. The van der Waals surface area contributed by atoms with Crippen molar-refractivity contribution in [3.8, 4) is 0 Å². The summed E-state index contributed by atoms with van der Waals surface area (Å²) in [6, 6.07) is 0. The number of hydrogen-bond donors (Lipinski definition) is 2. The first kappa shape index (κ1) is 30.5. The molecule has 0 aliphatic heterocycles. The van der Waals surface area contributed by atoms with Crippen LogP contribution in [0.25, 0.3) is 0 Å². The summed E-state index contributed by atoms with van der Waals surface area (Å²) in [5.41, 5.74) is 0. The summed E-state index contributed by atoms with van der Waals surface area (Å²) >= 11 is 0. The van der Waals surface area contributed by atoms with Crippen LogP contribution < -0.4 is 0 Å². The average molecular weight is 271 g/mol. The maximum Gasteiger partial charge on any atom is 0 e. The zero-order valence-corrected chi connectivity index (χ0v) is 6.95. The molecule has 0 rings (SSSR count). The minimum atomic E-state index is -1.82. The Labute approximate surface area is 100 Å². The predicted octanol–water partition coefficient (Wildman–Crippen LogP) is -1.50. The Morgan fingerprint density at radius 2 is 1.10 bits per heavy atom. The summed E-state index contributed by atoms with van der Waals surface area (Å²) in [6.45, 7) is 0. The van der Waals surface area contributed by atoms with Crippen LogP contribution in [0.15, 0.2) is 0 Å². The fourth-order valence-corrected chi connectivity index (χ4v) is 0. The van der Waals surface area contributed by atoms with Crippen molar-refractivity contribution >= 4 is 30.8 Å². The van der Waals surface area contributed by atoms with Gasteiger partial charge in [-0.2, -0.15) is 0 Å². The molecule has 2 radical (unpaired) electrons. The molecule has 2 N–H and O–H groups in total. The fourth-order valence-electron chi connectivity index (χ4n) is 0. The summed E-state index contributed by atoms with van der Waals surface area (Å²) in [6.07, 6.45) is 0. The molecule has 0 atom stereocenters. The second-order valence-corrected chi connectivity index (χ2v) is 0.610. The quantitative estimate of drug-likeness (QED) is 0.415. The number of rotatable bonds is 0. The second-order valence-electron chi connectivity index (χ2n) is 0.610. The standard InChI is InChI=1S/C2H2O4.Co.Li.Mn.Ni.H/c3-1(4)2(5)6;;;;;/h(H,3,4)(H,5,6);;;;;. The van der Waals surface area contributed by atoms with E-state index in [1.54, 1.807) is 0 Å². The van der Waals surface area contributed by atoms with Crippen molar-refractivity contribution in [2.24, 2.45) is 0 Å². The molecule has 0 heterocycles. The van der Waals surface area contributed by atoms with Crippen LogP contribution in [-0.4, -0.2) is 41.0 Å². The summed E-state index contributed by atoms with van der Waals surface area (Å²) in [4.78, 5) is 18.2. The Bertz CT molecular complexity index is 89.3. The number of carbonyl (C=O) groups is 2. The normalized spacial score (nSPS) is 4.40. The van der Waals surface area contributed by atoms with Gasteiger partial charge in [-0.25, -0.2) is 9.59 Å². The Hall–Kier alpha value is 1.06. The first-order valence-corrected chi connectivity index (χ1v) is 1.11. The Morgan fingerprint density at radius 1 is 1.00 bits per heavy atom. The summed E-state index contributed by atoms with van der Waals surface area (Å²) in [7, 11) is 0. The van der Waals surface area contributed by atoms with Gasteiger partial charge in [0.2, 0.25) is 0 Å². The molecule has 10 heavy (non-hydrogen) atoms. The van der Waals surface area contributed by atoms with Gasteiger partial charge >= 0.3 is 30.8 Å². The van der Waals surface area contributed by atoms with Crippen molar-refractivity contribution in [2.45, 2.75) is 0 Å². The van der Waals surface area contributed by atoms with Crippen LogP contribution in [0.1, 0.15) is 0 Å². The van der Waals surface area contributed by atoms with Crippen molar-refractivity contribution in [1.29, 1.82) is 0 Å². The molecule has 0 amide bonds. The summed E-state index contributed by atoms with van der Waals surface area (Å²) < 4.78 is 0. The van der Waals surface area contributed by atoms with Gasteiger partial charge in [-0.15, -0.1) is 0 Å². The third-order valence-electron chi connectivity index (χ3n) is 0.183. The van der Waals surface area contributed by atoms with E-state index in [4.69, 9.17) is 19.8 Å². The van der Waals surface area contributed by atoms with Gasteiger partial charge in [0, 0.05) is 50.3 Å². The molecular formula is C2H3CoLiMnNiO4. The van der Waals surface area contributed by atoms with Gasteiger partial charge in [0.1, 0.15) is 0 Å². The molecule has 0 saturated carbocycles. The van der Waals surface area contributed by atoms with E-state index >= 15 is 0 Å². The minimum Gasteiger partial charge on any atom is 0 e. The molecule has 4 nitrogen and oxygen atoms in total. The van der Waals surface area contributed by atoms with Gasteiger partial charge in [0.15, 0.2) is 0 Å². The van der Waals surface area contributed by atoms with Crippen LogP contribution in [0, 0.1) is 0 Å². The van der Waals surface area contributed by atoms with Gasteiger partial charge < -0.3 is 10.2 Å². The smallest absolute Gasteiger partial charge is 0 e. The largest absolute Gasteiger partial charge is 0 e. The van der Waals surface area contributed by atoms with Crippen molar-refractivity contribution in [2.75, 3.05) is 0 Å². The van der Waals surface area contributed by atoms with Crippen molar-refractivity contribution in [1.82, 2.24) is 0 Å². The van der Waals surface area contributed by atoms with Gasteiger partial charge in [0.25, 0.3) is 0 Å². The van der Waals surface area contributed by atoms with E-state index in [1.807, 2.05) is 0 Å². The maximum absolute atomic E-state index is 9.10. The van der Waals surface area contributed by atoms with E-state index in [0.29, 0.717) is 0 Å². The predicted molar refractivity (Wildman–Crippen MR) is 22.4 cm³/mol. The first-order valence-electron chi connectivity index (χ1n) is 1.11. The number of carboxylic acids is 2. The first-order chi connectivity index (χ1) is 2.64. The topological polar surface area (TPSA) is 74.6 Å². The van der Waals surface area contributed by atoms with Crippen molar-refractivity contribution in [3.63, 3.8) is 0 Å². The minimum absolute atomic E-state index is 0. The monoisotopic (exact) mass is 270 g/mol. The second kappa shape index (κ2) is 16.6. The summed E-state index contributed by atoms with van der Waals surface area (Å²) in [5.74, 6) is -3.65. The summed E-state index contributed by atoms with van der Waals surface area (Å²) in [5, 5.41) is 14.8. The average Bonchev–Trinajstić information content (AvgIpc) is 1.36. The molecule has 0 aromatic carbocycles. The zero-order valence-electron chi connectivity index (χ0n) is 3.74. The Balaban J connectivity index is -0.0000000208. The Morgan fingerprint density at radius 3 is 1.10 bits per heavy atom. The van der Waals surface area contributed by atoms with E-state index in [9.17, 15) is 0 Å². The number of hydrogen-bond acceptors (Lipinski definition) is 2. The number of carboxylic acid groups (broad SMARTS) is 2. The van der Waals surface area contributed by atoms with Crippen molar-refractivity contribution in [3.05, 3.63) is 0 Å².